The number of carbonyl (C=O) groups excluding carboxylic acids is 1. The van der Waals surface area contributed by atoms with Crippen LogP contribution in [0.3, 0.4) is 0 Å². The van der Waals surface area contributed by atoms with Crippen molar-refractivity contribution >= 4 is 40.1 Å². The van der Waals surface area contributed by atoms with Crippen molar-refractivity contribution in [2.75, 3.05) is 0 Å². The fourth-order valence-electron chi connectivity index (χ4n) is 3.11. The average molecular weight is 484 g/mol. The molecule has 0 bridgehead atoms. The number of benzene rings is 2. The van der Waals surface area contributed by atoms with E-state index in [1.165, 1.54) is 6.92 Å². The Morgan fingerprint density at radius 1 is 1.09 bits per heavy atom. The molecule has 0 N–H and O–H groups in total. The first-order chi connectivity index (χ1) is 15.1. The van der Waals surface area contributed by atoms with Gasteiger partial charge in [0.1, 0.15) is 28.4 Å². The number of nitrogens with zero attached hydrogens (tertiary/aromatic N) is 1. The van der Waals surface area contributed by atoms with E-state index in [-0.39, 0.29) is 43.8 Å². The summed E-state index contributed by atoms with van der Waals surface area (Å²) in [5.41, 5.74) is -2.54. The summed E-state index contributed by atoms with van der Waals surface area (Å²) < 4.78 is 54.9. The van der Waals surface area contributed by atoms with Gasteiger partial charge in [-0.1, -0.05) is 34.4 Å². The Morgan fingerprint density at radius 2 is 1.78 bits per heavy atom. The third-order valence-corrected chi connectivity index (χ3v) is 5.13. The van der Waals surface area contributed by atoms with Crippen molar-refractivity contribution in [3.05, 3.63) is 79.8 Å². The van der Waals surface area contributed by atoms with Gasteiger partial charge in [0.15, 0.2) is 0 Å². The first kappa shape index (κ1) is 21.9. The van der Waals surface area contributed by atoms with E-state index in [0.717, 1.165) is 18.2 Å². The summed E-state index contributed by atoms with van der Waals surface area (Å²) in [6, 6.07) is 8.24. The molecular formula is C21H10Cl2F3NO5. The lowest BCUT2D eigenvalue weighted by atomic mass is 10.1. The van der Waals surface area contributed by atoms with E-state index in [1.54, 1.807) is 18.2 Å². The minimum Gasteiger partial charge on any atom is -0.423 e. The second kappa shape index (κ2) is 7.99. The second-order valence-corrected chi connectivity index (χ2v) is 7.40. The number of halogens is 5. The van der Waals surface area contributed by atoms with Gasteiger partial charge in [0.25, 0.3) is 0 Å². The Hall–Kier alpha value is -3.30. The van der Waals surface area contributed by atoms with E-state index >= 15 is 0 Å². The minimum absolute atomic E-state index is 0.0368. The molecule has 0 unspecified atom stereocenters. The van der Waals surface area contributed by atoms with E-state index in [0.29, 0.717) is 6.07 Å². The molecule has 0 amide bonds. The predicted octanol–water partition coefficient (Wildman–Crippen LogP) is 6.30. The Balaban J connectivity index is 1.75. The van der Waals surface area contributed by atoms with Crippen molar-refractivity contribution in [2.24, 2.45) is 0 Å². The number of aromatic nitrogens is 1. The molecule has 2 aromatic carbocycles. The molecule has 0 atom stereocenters. The van der Waals surface area contributed by atoms with Gasteiger partial charge in [0.05, 0.1) is 15.6 Å². The molecule has 0 aliphatic carbocycles. The molecule has 6 nitrogen and oxygen atoms in total. The highest BCUT2D eigenvalue weighted by Crippen LogP contribution is 2.38. The number of fused-ring (bicyclic) bond motifs is 1. The molecule has 0 aliphatic heterocycles. The number of aryl methyl sites for hydroxylation is 1. The van der Waals surface area contributed by atoms with Crippen LogP contribution in [0, 0.1) is 6.92 Å². The minimum atomic E-state index is -4.77. The number of hydrogen-bond acceptors (Lipinski definition) is 6. The van der Waals surface area contributed by atoms with E-state index < -0.39 is 28.9 Å². The van der Waals surface area contributed by atoms with Gasteiger partial charge in [0.2, 0.25) is 0 Å². The van der Waals surface area contributed by atoms with Crippen LogP contribution in [0.5, 0.6) is 5.75 Å². The van der Waals surface area contributed by atoms with Gasteiger partial charge in [0, 0.05) is 23.1 Å². The Bertz CT molecular complexity index is 1410. The zero-order chi connectivity index (χ0) is 23.2. The van der Waals surface area contributed by atoms with Crippen molar-refractivity contribution in [3.8, 4) is 17.0 Å². The Kier molecular flexibility index (Phi) is 5.47. The van der Waals surface area contributed by atoms with Crippen LogP contribution in [-0.4, -0.2) is 11.1 Å². The lowest BCUT2D eigenvalue weighted by Gasteiger charge is -2.10. The standard InChI is InChI=1S/C21H10Cl2F3NO5/c1-9-17(19(27-32-9)18-13(22)3-2-4-14(18)23)20(29)30-10-5-6-11-12(21(24,25)26)8-16(28)31-15(11)7-10/h2-8H,1H3. The predicted molar refractivity (Wildman–Crippen MR) is 109 cm³/mol. The molecule has 0 spiro atoms. The third-order valence-electron chi connectivity index (χ3n) is 4.50. The molecule has 4 aromatic rings. The van der Waals surface area contributed by atoms with Crippen LogP contribution in [0.4, 0.5) is 13.2 Å². The van der Waals surface area contributed by atoms with E-state index in [4.69, 9.17) is 36.9 Å². The number of alkyl halides is 3. The molecule has 164 valence electrons. The number of esters is 1. The Labute approximate surface area is 187 Å². The van der Waals surface area contributed by atoms with Gasteiger partial charge in [-0.05, 0) is 31.2 Å². The topological polar surface area (TPSA) is 82.5 Å². The first-order valence-electron chi connectivity index (χ1n) is 8.84. The van der Waals surface area contributed by atoms with Crippen molar-refractivity contribution in [3.63, 3.8) is 0 Å². The van der Waals surface area contributed by atoms with E-state index in [1.807, 2.05) is 0 Å². The van der Waals surface area contributed by atoms with Crippen LogP contribution in [0.25, 0.3) is 22.2 Å². The van der Waals surface area contributed by atoms with Gasteiger partial charge in [-0.25, -0.2) is 9.59 Å². The van der Waals surface area contributed by atoms with Gasteiger partial charge in [-0.2, -0.15) is 13.2 Å². The lowest BCUT2D eigenvalue weighted by molar-refractivity contribution is -0.136. The second-order valence-electron chi connectivity index (χ2n) is 6.58. The summed E-state index contributed by atoms with van der Waals surface area (Å²) in [6.45, 7) is 1.47. The van der Waals surface area contributed by atoms with Gasteiger partial charge < -0.3 is 13.7 Å². The quantitative estimate of drug-likeness (QED) is 0.193. The summed E-state index contributed by atoms with van der Waals surface area (Å²) >= 11 is 12.4. The fraction of sp³-hybridized carbons (Fsp3) is 0.0952. The monoisotopic (exact) mass is 483 g/mol. The van der Waals surface area contributed by atoms with Crippen LogP contribution in [-0.2, 0) is 6.18 Å². The van der Waals surface area contributed by atoms with Crippen molar-refractivity contribution in [2.45, 2.75) is 13.1 Å². The van der Waals surface area contributed by atoms with Crippen LogP contribution in [0.2, 0.25) is 10.0 Å². The molecule has 0 fully saturated rings. The molecular weight excluding hydrogens is 474 g/mol. The molecule has 0 saturated heterocycles. The van der Waals surface area contributed by atoms with Crippen LogP contribution < -0.4 is 10.4 Å². The SMILES string of the molecule is Cc1onc(-c2c(Cl)cccc2Cl)c1C(=O)Oc1ccc2c(C(F)(F)F)cc(=O)oc2c1. The molecule has 0 aliphatic rings. The highest BCUT2D eigenvalue weighted by atomic mass is 35.5. The lowest BCUT2D eigenvalue weighted by Crippen LogP contribution is -2.12. The fourth-order valence-corrected chi connectivity index (χ4v) is 3.68. The van der Waals surface area contributed by atoms with Gasteiger partial charge in [-0.15, -0.1) is 0 Å². The van der Waals surface area contributed by atoms with E-state index in [9.17, 15) is 22.8 Å². The largest absolute Gasteiger partial charge is 0.423 e. The summed E-state index contributed by atoms with van der Waals surface area (Å²) in [5.74, 6) is -0.988. The number of hydrogen-bond donors (Lipinski definition) is 0. The Morgan fingerprint density at radius 3 is 2.44 bits per heavy atom. The van der Waals surface area contributed by atoms with Crippen molar-refractivity contribution in [1.82, 2.24) is 5.16 Å². The number of rotatable bonds is 3. The van der Waals surface area contributed by atoms with E-state index in [2.05, 4.69) is 5.16 Å². The van der Waals surface area contributed by atoms with Crippen molar-refractivity contribution < 1.29 is 31.6 Å². The van der Waals surface area contributed by atoms with Crippen LogP contribution in [0.15, 0.2) is 56.2 Å². The maximum absolute atomic E-state index is 13.2. The first-order valence-corrected chi connectivity index (χ1v) is 9.60. The molecule has 4 rings (SSSR count). The zero-order valence-electron chi connectivity index (χ0n) is 15.9. The molecule has 11 heteroatoms. The maximum atomic E-state index is 13.2. The number of ether oxygens (including phenoxy) is 1. The maximum Gasteiger partial charge on any atom is 0.417 e. The van der Waals surface area contributed by atoms with Gasteiger partial charge in [-0.3, -0.25) is 0 Å². The summed E-state index contributed by atoms with van der Waals surface area (Å²) in [5, 5.41) is 3.91. The molecule has 2 heterocycles. The third kappa shape index (κ3) is 3.96. The molecule has 0 radical (unpaired) electrons. The highest BCUT2D eigenvalue weighted by molar-refractivity contribution is 6.39. The summed E-state index contributed by atoms with van der Waals surface area (Å²) in [4.78, 5) is 24.4. The van der Waals surface area contributed by atoms with Gasteiger partial charge >= 0.3 is 17.8 Å². The molecule has 0 saturated carbocycles. The normalized spacial score (nSPS) is 11.7. The molecule has 32 heavy (non-hydrogen) atoms. The summed E-state index contributed by atoms with van der Waals surface area (Å²) in [7, 11) is 0. The smallest absolute Gasteiger partial charge is 0.417 e. The summed E-state index contributed by atoms with van der Waals surface area (Å²) in [6.07, 6.45) is -4.77. The number of carbonyl (C=O) groups is 1. The van der Waals surface area contributed by atoms with Crippen LogP contribution in [0.1, 0.15) is 21.7 Å². The molecule has 2 aromatic heterocycles. The highest BCUT2D eigenvalue weighted by Gasteiger charge is 2.34. The van der Waals surface area contributed by atoms with Crippen LogP contribution >= 0.6 is 23.2 Å². The van der Waals surface area contributed by atoms with Crippen molar-refractivity contribution in [1.29, 1.82) is 0 Å². The zero-order valence-corrected chi connectivity index (χ0v) is 17.4. The average Bonchev–Trinajstić information content (AvgIpc) is 3.07.